The Morgan fingerprint density at radius 2 is 2.06 bits per heavy atom. The predicted molar refractivity (Wildman–Crippen MR) is 61.9 cm³/mol. The zero-order valence-corrected chi connectivity index (χ0v) is 10.0. The Labute approximate surface area is 100 Å². The van der Waals surface area contributed by atoms with E-state index >= 15 is 0 Å². The minimum atomic E-state index is 0.176. The fourth-order valence-corrected chi connectivity index (χ4v) is 1.47. The molecule has 0 fully saturated rings. The number of benzene rings is 1. The zero-order chi connectivity index (χ0) is 12.3. The average Bonchev–Trinajstić information content (AvgIpc) is 2.71. The summed E-state index contributed by atoms with van der Waals surface area (Å²) < 4.78 is 10.4. The van der Waals surface area contributed by atoms with E-state index in [9.17, 15) is 5.11 Å². The smallest absolute Gasteiger partial charge is 0.231 e. The quantitative estimate of drug-likeness (QED) is 0.606. The molecule has 1 aromatic rings. The number of nitrogens with one attached hydrogen (secondary N) is 1. The number of aromatic hydroxyl groups is 1. The van der Waals surface area contributed by atoms with Crippen LogP contribution in [-0.4, -0.2) is 18.5 Å². The average molecular weight is 239 g/mol. The van der Waals surface area contributed by atoms with Crippen LogP contribution in [-0.2, 0) is 11.4 Å². The molecule has 94 valence electrons. The van der Waals surface area contributed by atoms with Gasteiger partial charge in [-0.1, -0.05) is 13.8 Å². The van der Waals surface area contributed by atoms with Gasteiger partial charge in [0.15, 0.2) is 11.5 Å². The monoisotopic (exact) mass is 239 g/mol. The molecule has 0 unspecified atom stereocenters. The summed E-state index contributed by atoms with van der Waals surface area (Å²) >= 11 is 0. The van der Waals surface area contributed by atoms with E-state index in [4.69, 9.17) is 14.3 Å². The molecule has 0 atom stereocenters. The minimum absolute atomic E-state index is 0.176. The number of phenolic OH excluding ortho intramolecular Hbond substituents is 1. The third-order valence-electron chi connectivity index (χ3n) is 2.36. The van der Waals surface area contributed by atoms with E-state index in [1.807, 2.05) is 0 Å². The highest BCUT2D eigenvalue weighted by Gasteiger charge is 2.16. The van der Waals surface area contributed by atoms with Crippen LogP contribution in [0.5, 0.6) is 17.2 Å². The van der Waals surface area contributed by atoms with E-state index in [1.165, 1.54) is 0 Å². The van der Waals surface area contributed by atoms with Crippen molar-refractivity contribution in [2.24, 2.45) is 5.92 Å². The highest BCUT2D eigenvalue weighted by molar-refractivity contribution is 5.51. The predicted octanol–water partition coefficient (Wildman–Crippen LogP) is 1.80. The van der Waals surface area contributed by atoms with Crippen molar-refractivity contribution in [1.29, 1.82) is 0 Å². The Morgan fingerprint density at radius 1 is 1.35 bits per heavy atom. The van der Waals surface area contributed by atoms with Gasteiger partial charge in [0.1, 0.15) is 5.75 Å². The van der Waals surface area contributed by atoms with E-state index in [1.54, 1.807) is 12.1 Å². The highest BCUT2D eigenvalue weighted by atomic mass is 16.7. The first kappa shape index (κ1) is 12.0. The van der Waals surface area contributed by atoms with Crippen LogP contribution < -0.4 is 15.0 Å². The van der Waals surface area contributed by atoms with Crippen molar-refractivity contribution in [3.05, 3.63) is 17.7 Å². The lowest BCUT2D eigenvalue weighted by Crippen LogP contribution is -2.17. The normalized spacial score (nSPS) is 13.4. The molecule has 0 radical (unpaired) electrons. The molecule has 2 rings (SSSR count). The molecule has 0 saturated carbocycles. The Balaban J connectivity index is 1.92. The molecule has 1 aliphatic rings. The van der Waals surface area contributed by atoms with E-state index in [0.29, 0.717) is 30.6 Å². The largest absolute Gasteiger partial charge is 0.507 e. The number of hydrogen-bond acceptors (Lipinski definition) is 5. The van der Waals surface area contributed by atoms with Gasteiger partial charge in [-0.25, -0.2) is 0 Å². The van der Waals surface area contributed by atoms with Gasteiger partial charge in [0.25, 0.3) is 0 Å². The Bertz CT molecular complexity index is 392. The molecule has 5 nitrogen and oxygen atoms in total. The molecule has 2 N–H and O–H groups in total. The van der Waals surface area contributed by atoms with Crippen LogP contribution in [0.1, 0.15) is 19.4 Å². The van der Waals surface area contributed by atoms with Gasteiger partial charge in [0.05, 0.1) is 6.61 Å². The lowest BCUT2D eigenvalue weighted by molar-refractivity contribution is 0.0193. The van der Waals surface area contributed by atoms with Gasteiger partial charge in [-0.05, 0) is 12.0 Å². The van der Waals surface area contributed by atoms with Crippen LogP contribution in [0.3, 0.4) is 0 Å². The molecule has 0 aromatic heterocycles. The van der Waals surface area contributed by atoms with E-state index in [-0.39, 0.29) is 12.5 Å². The fraction of sp³-hybridized carbons (Fsp3) is 0.500. The number of hydroxylamine groups is 1. The summed E-state index contributed by atoms with van der Waals surface area (Å²) in [7, 11) is 0. The summed E-state index contributed by atoms with van der Waals surface area (Å²) in [6.07, 6.45) is 0. The summed E-state index contributed by atoms with van der Waals surface area (Å²) in [6.45, 7) is 5.40. The standard InChI is InChI=1S/C12H17NO4/c1-8(2)6-17-13-5-9-3-11-12(4-10(9)14)16-7-15-11/h3-4,8,13-14H,5-7H2,1-2H3. The Morgan fingerprint density at radius 3 is 2.76 bits per heavy atom. The molecule has 0 bridgehead atoms. The van der Waals surface area contributed by atoms with Crippen molar-refractivity contribution in [1.82, 2.24) is 5.48 Å². The van der Waals surface area contributed by atoms with Crippen LogP contribution in [0.4, 0.5) is 0 Å². The van der Waals surface area contributed by atoms with Gasteiger partial charge in [-0.2, -0.15) is 5.48 Å². The van der Waals surface area contributed by atoms with E-state index < -0.39 is 0 Å². The van der Waals surface area contributed by atoms with Crippen molar-refractivity contribution in [3.63, 3.8) is 0 Å². The molecule has 17 heavy (non-hydrogen) atoms. The summed E-state index contributed by atoms with van der Waals surface area (Å²) in [5.74, 6) is 1.88. The number of rotatable bonds is 5. The third-order valence-corrected chi connectivity index (χ3v) is 2.36. The number of fused-ring (bicyclic) bond motifs is 1. The van der Waals surface area contributed by atoms with Crippen molar-refractivity contribution in [3.8, 4) is 17.2 Å². The summed E-state index contributed by atoms with van der Waals surface area (Å²) in [5.41, 5.74) is 3.53. The van der Waals surface area contributed by atoms with E-state index in [0.717, 1.165) is 5.56 Å². The van der Waals surface area contributed by atoms with Crippen LogP contribution >= 0.6 is 0 Å². The molecule has 5 heteroatoms. The maximum absolute atomic E-state index is 9.75. The molecular formula is C12H17NO4. The summed E-state index contributed by atoms with van der Waals surface area (Å²) in [6, 6.07) is 3.31. The van der Waals surface area contributed by atoms with Crippen molar-refractivity contribution < 1.29 is 19.4 Å². The summed E-state index contributed by atoms with van der Waals surface area (Å²) in [4.78, 5) is 5.24. The molecule has 0 saturated heterocycles. The molecule has 0 amide bonds. The van der Waals surface area contributed by atoms with Crippen LogP contribution in [0.25, 0.3) is 0 Å². The second-order valence-corrected chi connectivity index (χ2v) is 4.36. The Kier molecular flexibility index (Phi) is 3.71. The summed E-state index contributed by atoms with van der Waals surface area (Å²) in [5, 5.41) is 9.75. The van der Waals surface area contributed by atoms with Crippen molar-refractivity contribution >= 4 is 0 Å². The van der Waals surface area contributed by atoms with Crippen LogP contribution in [0.2, 0.25) is 0 Å². The first-order chi connectivity index (χ1) is 8.16. The van der Waals surface area contributed by atoms with E-state index in [2.05, 4.69) is 19.3 Å². The first-order valence-electron chi connectivity index (χ1n) is 5.63. The van der Waals surface area contributed by atoms with Gasteiger partial charge >= 0.3 is 0 Å². The minimum Gasteiger partial charge on any atom is -0.507 e. The number of ether oxygens (including phenoxy) is 2. The molecule has 1 aliphatic heterocycles. The zero-order valence-electron chi connectivity index (χ0n) is 10.0. The Hall–Kier alpha value is -1.46. The van der Waals surface area contributed by atoms with Gasteiger partial charge in [0.2, 0.25) is 6.79 Å². The number of hydrogen-bond donors (Lipinski definition) is 2. The van der Waals surface area contributed by atoms with Crippen molar-refractivity contribution in [2.75, 3.05) is 13.4 Å². The molecule has 0 spiro atoms. The topological polar surface area (TPSA) is 60.0 Å². The molecule has 1 heterocycles. The second-order valence-electron chi connectivity index (χ2n) is 4.36. The van der Waals surface area contributed by atoms with Crippen LogP contribution in [0.15, 0.2) is 12.1 Å². The number of phenols is 1. The second kappa shape index (κ2) is 5.25. The SMILES string of the molecule is CC(C)CONCc1cc2c(cc1O)OCO2. The maximum Gasteiger partial charge on any atom is 0.231 e. The lowest BCUT2D eigenvalue weighted by atomic mass is 10.2. The first-order valence-corrected chi connectivity index (χ1v) is 5.63. The maximum atomic E-state index is 9.75. The van der Waals surface area contributed by atoms with Gasteiger partial charge < -0.3 is 19.4 Å². The third kappa shape index (κ3) is 3.01. The van der Waals surface area contributed by atoms with Crippen molar-refractivity contribution in [2.45, 2.75) is 20.4 Å². The lowest BCUT2D eigenvalue weighted by Gasteiger charge is -2.09. The molecule has 1 aromatic carbocycles. The molecule has 0 aliphatic carbocycles. The van der Waals surface area contributed by atoms with Gasteiger partial charge in [-0.3, -0.25) is 0 Å². The van der Waals surface area contributed by atoms with Gasteiger partial charge in [0, 0.05) is 18.2 Å². The van der Waals surface area contributed by atoms with Gasteiger partial charge in [-0.15, -0.1) is 0 Å². The highest BCUT2D eigenvalue weighted by Crippen LogP contribution is 2.37. The van der Waals surface area contributed by atoms with Crippen LogP contribution in [0, 0.1) is 5.92 Å². The fourth-order valence-electron chi connectivity index (χ4n) is 1.47. The molecular weight excluding hydrogens is 222 g/mol.